The summed E-state index contributed by atoms with van der Waals surface area (Å²) in [4.78, 5) is 19.5. The molecule has 0 bridgehead atoms. The summed E-state index contributed by atoms with van der Waals surface area (Å²) in [6.07, 6.45) is 3.72. The molecule has 6 aromatic carbocycles. The minimum Gasteiger partial charge on any atom is -0.264 e. The van der Waals surface area contributed by atoms with Gasteiger partial charge in [0.05, 0.1) is 0 Å². The smallest absolute Gasteiger partial charge is 0.164 e. The van der Waals surface area contributed by atoms with Crippen LogP contribution in [0, 0.1) is 0 Å². The van der Waals surface area contributed by atoms with E-state index >= 15 is 0 Å². The number of nitrogens with zero attached hydrogens (tertiary/aromatic N) is 4. The van der Waals surface area contributed by atoms with E-state index in [1.807, 2.05) is 84.3 Å². The largest absolute Gasteiger partial charge is 0.264 e. The summed E-state index contributed by atoms with van der Waals surface area (Å²) in [5, 5.41) is 2.52. The molecule has 0 aliphatic carbocycles. The van der Waals surface area contributed by atoms with Crippen LogP contribution in [0.4, 0.5) is 0 Å². The van der Waals surface area contributed by atoms with Crippen molar-refractivity contribution in [3.05, 3.63) is 170 Å². The highest BCUT2D eigenvalue weighted by Gasteiger charge is 2.18. The highest BCUT2D eigenvalue weighted by atomic mass is 32.1. The third kappa shape index (κ3) is 5.46. The number of hydrogen-bond donors (Lipinski definition) is 0. The van der Waals surface area contributed by atoms with Crippen LogP contribution in [0.5, 0.6) is 0 Å². The molecule has 9 aromatic rings. The molecule has 230 valence electrons. The highest BCUT2D eigenvalue weighted by molar-refractivity contribution is 7.26. The Balaban J connectivity index is 1.28. The number of fused-ring (bicyclic) bond motifs is 3. The van der Waals surface area contributed by atoms with Gasteiger partial charge >= 0.3 is 0 Å². The van der Waals surface area contributed by atoms with Crippen molar-refractivity contribution < 1.29 is 0 Å². The van der Waals surface area contributed by atoms with Crippen molar-refractivity contribution in [2.45, 2.75) is 0 Å². The Bertz CT molecular complexity index is 2530. The molecule has 0 saturated carbocycles. The first kappa shape index (κ1) is 28.9. The summed E-state index contributed by atoms with van der Waals surface area (Å²) in [5.41, 5.74) is 9.61. The van der Waals surface area contributed by atoms with E-state index in [0.717, 1.165) is 33.4 Å². The zero-order chi connectivity index (χ0) is 32.6. The van der Waals surface area contributed by atoms with E-state index < -0.39 is 0 Å². The molecule has 0 amide bonds. The molecule has 0 aliphatic rings. The second kappa shape index (κ2) is 12.4. The maximum absolute atomic E-state index is 5.08. The van der Waals surface area contributed by atoms with Gasteiger partial charge in [-0.2, -0.15) is 0 Å². The van der Waals surface area contributed by atoms with Crippen LogP contribution in [0.15, 0.2) is 170 Å². The Labute approximate surface area is 288 Å². The number of hydrogen-bond acceptors (Lipinski definition) is 5. The first-order chi connectivity index (χ1) is 24.3. The van der Waals surface area contributed by atoms with Crippen molar-refractivity contribution >= 4 is 31.5 Å². The lowest BCUT2D eigenvalue weighted by Crippen LogP contribution is -2.00. The van der Waals surface area contributed by atoms with Gasteiger partial charge < -0.3 is 0 Å². The molecule has 3 heterocycles. The van der Waals surface area contributed by atoms with Crippen molar-refractivity contribution in [3.8, 4) is 67.5 Å². The Kier molecular flexibility index (Phi) is 7.30. The second-order valence-corrected chi connectivity index (χ2v) is 12.9. The van der Waals surface area contributed by atoms with Crippen LogP contribution >= 0.6 is 11.3 Å². The monoisotopic (exact) mass is 644 g/mol. The van der Waals surface area contributed by atoms with Crippen molar-refractivity contribution in [1.82, 2.24) is 19.9 Å². The van der Waals surface area contributed by atoms with Gasteiger partial charge in [0.15, 0.2) is 17.5 Å². The van der Waals surface area contributed by atoms with Gasteiger partial charge in [0.25, 0.3) is 0 Å². The molecule has 0 N–H and O–H groups in total. The van der Waals surface area contributed by atoms with Crippen LogP contribution < -0.4 is 0 Å². The van der Waals surface area contributed by atoms with E-state index in [9.17, 15) is 0 Å². The molecule has 0 fully saturated rings. The quantitative estimate of drug-likeness (QED) is 0.181. The fourth-order valence-corrected chi connectivity index (χ4v) is 7.81. The summed E-state index contributed by atoms with van der Waals surface area (Å²) in [6, 6.07) is 54.8. The van der Waals surface area contributed by atoms with E-state index in [1.165, 1.54) is 36.9 Å². The molecule has 0 saturated heterocycles. The van der Waals surface area contributed by atoms with E-state index in [-0.39, 0.29) is 0 Å². The van der Waals surface area contributed by atoms with Crippen LogP contribution in [-0.4, -0.2) is 19.9 Å². The van der Waals surface area contributed by atoms with Crippen molar-refractivity contribution in [2.75, 3.05) is 0 Å². The van der Waals surface area contributed by atoms with Crippen molar-refractivity contribution in [1.29, 1.82) is 0 Å². The molecular weight excluding hydrogens is 617 g/mol. The SMILES string of the molecule is c1ccc(-c2nc(-c3ccccc3)nc(-c3cc(-c4cccnc4)cc(-c4cccc5c4sc4c(-c6ccccc6)cccc45)c3)n2)cc1. The lowest BCUT2D eigenvalue weighted by molar-refractivity contribution is 1.07. The Morgan fingerprint density at radius 3 is 1.37 bits per heavy atom. The average molecular weight is 645 g/mol. The van der Waals surface area contributed by atoms with Gasteiger partial charge in [0.1, 0.15) is 0 Å². The second-order valence-electron chi connectivity index (χ2n) is 11.9. The van der Waals surface area contributed by atoms with Gasteiger partial charge in [-0.05, 0) is 52.1 Å². The Morgan fingerprint density at radius 2 is 0.816 bits per heavy atom. The number of thiophene rings is 1. The lowest BCUT2D eigenvalue weighted by atomic mass is 9.95. The van der Waals surface area contributed by atoms with Gasteiger partial charge in [0, 0.05) is 54.8 Å². The Hall–Kier alpha value is -6.30. The summed E-state index contributed by atoms with van der Waals surface area (Å²) in [6.45, 7) is 0. The summed E-state index contributed by atoms with van der Waals surface area (Å²) in [7, 11) is 0. The fourth-order valence-electron chi connectivity index (χ4n) is 6.44. The van der Waals surface area contributed by atoms with E-state index in [0.29, 0.717) is 17.5 Å². The molecule has 0 atom stereocenters. The number of benzene rings is 6. The molecule has 4 nitrogen and oxygen atoms in total. The molecule has 9 rings (SSSR count). The minimum atomic E-state index is 0.620. The lowest BCUT2D eigenvalue weighted by Gasteiger charge is -2.13. The predicted molar refractivity (Wildman–Crippen MR) is 203 cm³/mol. The van der Waals surface area contributed by atoms with E-state index in [2.05, 4.69) is 96.0 Å². The van der Waals surface area contributed by atoms with Gasteiger partial charge in [-0.3, -0.25) is 4.98 Å². The van der Waals surface area contributed by atoms with Crippen molar-refractivity contribution in [2.24, 2.45) is 0 Å². The van der Waals surface area contributed by atoms with Gasteiger partial charge in [0.2, 0.25) is 0 Å². The molecular formula is C44H28N4S. The molecule has 49 heavy (non-hydrogen) atoms. The van der Waals surface area contributed by atoms with Crippen LogP contribution in [-0.2, 0) is 0 Å². The first-order valence-corrected chi connectivity index (χ1v) is 17.0. The van der Waals surface area contributed by atoms with Gasteiger partial charge in [-0.1, -0.05) is 133 Å². The van der Waals surface area contributed by atoms with Crippen molar-refractivity contribution in [3.63, 3.8) is 0 Å². The first-order valence-electron chi connectivity index (χ1n) is 16.2. The molecule has 0 radical (unpaired) electrons. The third-order valence-electron chi connectivity index (χ3n) is 8.81. The molecule has 5 heteroatoms. The average Bonchev–Trinajstić information content (AvgIpc) is 3.58. The minimum absolute atomic E-state index is 0.620. The van der Waals surface area contributed by atoms with Gasteiger partial charge in [-0.15, -0.1) is 11.3 Å². The standard InChI is InChI=1S/C44H28N4S/c1-4-13-29(14-5-1)36-20-10-22-38-39-23-11-21-37(41(39)49-40(36)38)34-25-33(32-19-12-24-45-28-32)26-35(27-34)44-47-42(30-15-6-2-7-16-30)46-43(48-44)31-17-8-3-9-18-31/h1-28H. The Morgan fingerprint density at radius 1 is 0.347 bits per heavy atom. The molecule has 0 unspecified atom stereocenters. The van der Waals surface area contributed by atoms with Crippen LogP contribution in [0.3, 0.4) is 0 Å². The van der Waals surface area contributed by atoms with Crippen LogP contribution in [0.2, 0.25) is 0 Å². The topological polar surface area (TPSA) is 51.6 Å². The summed E-state index contributed by atoms with van der Waals surface area (Å²) >= 11 is 1.85. The number of aromatic nitrogens is 4. The highest BCUT2D eigenvalue weighted by Crippen LogP contribution is 2.44. The number of pyridine rings is 1. The van der Waals surface area contributed by atoms with Crippen LogP contribution in [0.25, 0.3) is 87.7 Å². The normalized spacial score (nSPS) is 11.3. The summed E-state index contributed by atoms with van der Waals surface area (Å²) in [5.74, 6) is 1.89. The van der Waals surface area contributed by atoms with E-state index in [1.54, 1.807) is 6.20 Å². The fraction of sp³-hybridized carbons (Fsp3) is 0. The van der Waals surface area contributed by atoms with E-state index in [4.69, 9.17) is 15.0 Å². The third-order valence-corrected chi connectivity index (χ3v) is 10.1. The molecule has 0 spiro atoms. The zero-order valence-electron chi connectivity index (χ0n) is 26.4. The maximum Gasteiger partial charge on any atom is 0.164 e. The predicted octanol–water partition coefficient (Wildman–Crippen LogP) is 11.6. The summed E-state index contributed by atoms with van der Waals surface area (Å²) < 4.78 is 2.54. The maximum atomic E-state index is 5.08. The van der Waals surface area contributed by atoms with Crippen LogP contribution in [0.1, 0.15) is 0 Å². The molecule has 0 aliphatic heterocycles. The molecule has 3 aromatic heterocycles. The van der Waals surface area contributed by atoms with Gasteiger partial charge in [-0.25, -0.2) is 15.0 Å². The zero-order valence-corrected chi connectivity index (χ0v) is 27.2. The number of rotatable bonds is 6.